The summed E-state index contributed by atoms with van der Waals surface area (Å²) in [5, 5.41) is 0. The van der Waals surface area contributed by atoms with Gasteiger partial charge >= 0.3 is 0 Å². The highest BCUT2D eigenvalue weighted by Crippen LogP contribution is 2.23. The minimum Gasteiger partial charge on any atom is -0.397 e. The second kappa shape index (κ2) is 5.42. The molecule has 0 radical (unpaired) electrons. The van der Waals surface area contributed by atoms with E-state index in [0.29, 0.717) is 5.92 Å². The number of para-hydroxylation sites is 1. The Morgan fingerprint density at radius 1 is 1.33 bits per heavy atom. The number of aryl methyl sites for hydroxylation is 1. The first-order valence-corrected chi connectivity index (χ1v) is 6.87. The van der Waals surface area contributed by atoms with Crippen LogP contribution in [-0.4, -0.2) is 9.55 Å². The quantitative estimate of drug-likeness (QED) is 0.818. The molecule has 2 rings (SSSR count). The zero-order valence-electron chi connectivity index (χ0n) is 11.6. The standard InChI is InChI=1S/C15H23N3/c1-4-5-9-14-17-15-12(16)7-6-8-13(15)18(14)10-11(2)3/h6-8,11H,4-5,9-10,16H2,1-3H3. The van der Waals surface area contributed by atoms with Gasteiger partial charge in [-0.05, 0) is 24.5 Å². The van der Waals surface area contributed by atoms with Crippen LogP contribution in [0.4, 0.5) is 5.69 Å². The van der Waals surface area contributed by atoms with Crippen molar-refractivity contribution in [3.63, 3.8) is 0 Å². The Hall–Kier alpha value is -1.51. The van der Waals surface area contributed by atoms with Crippen LogP contribution >= 0.6 is 0 Å². The average Bonchev–Trinajstić information content (AvgIpc) is 2.66. The number of fused-ring (bicyclic) bond motifs is 1. The topological polar surface area (TPSA) is 43.8 Å². The van der Waals surface area contributed by atoms with Gasteiger partial charge in [-0.15, -0.1) is 0 Å². The lowest BCUT2D eigenvalue weighted by Crippen LogP contribution is -2.08. The highest BCUT2D eigenvalue weighted by Gasteiger charge is 2.12. The largest absolute Gasteiger partial charge is 0.397 e. The number of benzene rings is 1. The van der Waals surface area contributed by atoms with Crippen LogP contribution in [-0.2, 0) is 13.0 Å². The third-order valence-electron chi connectivity index (χ3n) is 3.19. The zero-order chi connectivity index (χ0) is 13.1. The van der Waals surface area contributed by atoms with Gasteiger partial charge in [0.1, 0.15) is 11.3 Å². The Balaban J connectivity index is 2.49. The summed E-state index contributed by atoms with van der Waals surface area (Å²) in [6.07, 6.45) is 3.42. The lowest BCUT2D eigenvalue weighted by Gasteiger charge is -2.11. The van der Waals surface area contributed by atoms with Crippen LogP contribution in [0.3, 0.4) is 0 Å². The van der Waals surface area contributed by atoms with E-state index in [9.17, 15) is 0 Å². The van der Waals surface area contributed by atoms with Crippen LogP contribution in [0.5, 0.6) is 0 Å². The number of anilines is 1. The fraction of sp³-hybridized carbons (Fsp3) is 0.533. The molecule has 98 valence electrons. The summed E-state index contributed by atoms with van der Waals surface area (Å²) in [6.45, 7) is 7.70. The number of unbranched alkanes of at least 4 members (excludes halogenated alkanes) is 1. The summed E-state index contributed by atoms with van der Waals surface area (Å²) in [5.41, 5.74) is 8.95. The molecule has 0 bridgehead atoms. The molecule has 2 aromatic rings. The van der Waals surface area contributed by atoms with Gasteiger partial charge in [0, 0.05) is 13.0 Å². The Bertz CT molecular complexity index is 526. The van der Waals surface area contributed by atoms with Crippen molar-refractivity contribution >= 4 is 16.7 Å². The number of rotatable bonds is 5. The van der Waals surface area contributed by atoms with Gasteiger partial charge in [0.2, 0.25) is 0 Å². The maximum atomic E-state index is 6.02. The van der Waals surface area contributed by atoms with Crippen molar-refractivity contribution in [1.82, 2.24) is 9.55 Å². The smallest absolute Gasteiger partial charge is 0.112 e. The van der Waals surface area contributed by atoms with Crippen molar-refractivity contribution in [2.24, 2.45) is 5.92 Å². The second-order valence-corrected chi connectivity index (χ2v) is 5.35. The molecule has 0 aliphatic heterocycles. The van der Waals surface area contributed by atoms with Crippen LogP contribution in [0.1, 0.15) is 39.4 Å². The predicted molar refractivity (Wildman–Crippen MR) is 77.6 cm³/mol. The first-order chi connectivity index (χ1) is 8.63. The Morgan fingerprint density at radius 3 is 2.78 bits per heavy atom. The normalized spacial score (nSPS) is 11.6. The molecule has 0 fully saturated rings. The second-order valence-electron chi connectivity index (χ2n) is 5.35. The van der Waals surface area contributed by atoms with E-state index in [1.807, 2.05) is 12.1 Å². The average molecular weight is 245 g/mol. The van der Waals surface area contributed by atoms with E-state index < -0.39 is 0 Å². The van der Waals surface area contributed by atoms with E-state index in [1.54, 1.807) is 0 Å². The monoisotopic (exact) mass is 245 g/mol. The van der Waals surface area contributed by atoms with E-state index in [1.165, 1.54) is 24.2 Å². The minimum atomic E-state index is 0.615. The molecular formula is C15H23N3. The van der Waals surface area contributed by atoms with Crippen LogP contribution in [0.2, 0.25) is 0 Å². The molecule has 1 aromatic carbocycles. The van der Waals surface area contributed by atoms with Gasteiger partial charge in [0.15, 0.2) is 0 Å². The van der Waals surface area contributed by atoms with Crippen molar-refractivity contribution in [2.45, 2.75) is 46.6 Å². The van der Waals surface area contributed by atoms with E-state index in [0.717, 1.165) is 24.2 Å². The van der Waals surface area contributed by atoms with Crippen molar-refractivity contribution in [3.8, 4) is 0 Å². The van der Waals surface area contributed by atoms with Gasteiger partial charge in [-0.2, -0.15) is 0 Å². The fourth-order valence-corrected chi connectivity index (χ4v) is 2.31. The molecule has 1 heterocycles. The molecule has 3 heteroatoms. The summed E-state index contributed by atoms with van der Waals surface area (Å²) < 4.78 is 2.34. The Labute approximate surface area is 109 Å². The number of hydrogen-bond donors (Lipinski definition) is 1. The predicted octanol–water partition coefficient (Wildman–Crippen LogP) is 3.62. The van der Waals surface area contributed by atoms with Gasteiger partial charge in [-0.3, -0.25) is 0 Å². The van der Waals surface area contributed by atoms with Crippen LogP contribution in [0, 0.1) is 5.92 Å². The molecule has 0 atom stereocenters. The number of aromatic nitrogens is 2. The summed E-state index contributed by atoms with van der Waals surface area (Å²) >= 11 is 0. The molecule has 18 heavy (non-hydrogen) atoms. The van der Waals surface area contributed by atoms with Gasteiger partial charge < -0.3 is 10.3 Å². The van der Waals surface area contributed by atoms with Crippen molar-refractivity contribution < 1.29 is 0 Å². The third-order valence-corrected chi connectivity index (χ3v) is 3.19. The maximum Gasteiger partial charge on any atom is 0.112 e. The Morgan fingerprint density at radius 2 is 2.11 bits per heavy atom. The zero-order valence-corrected chi connectivity index (χ0v) is 11.6. The maximum absolute atomic E-state index is 6.02. The molecule has 0 amide bonds. The summed E-state index contributed by atoms with van der Waals surface area (Å²) in [4.78, 5) is 4.74. The van der Waals surface area contributed by atoms with Gasteiger partial charge in [-0.25, -0.2) is 4.98 Å². The SMILES string of the molecule is CCCCc1nc2c(N)cccc2n1CC(C)C. The molecule has 0 unspecified atom stereocenters. The molecule has 0 aliphatic carbocycles. The van der Waals surface area contributed by atoms with Gasteiger partial charge in [-0.1, -0.05) is 33.3 Å². The number of nitrogen functional groups attached to an aromatic ring is 1. The van der Waals surface area contributed by atoms with Crippen molar-refractivity contribution in [1.29, 1.82) is 0 Å². The molecule has 2 N–H and O–H groups in total. The van der Waals surface area contributed by atoms with E-state index >= 15 is 0 Å². The minimum absolute atomic E-state index is 0.615. The number of hydrogen-bond acceptors (Lipinski definition) is 2. The highest BCUT2D eigenvalue weighted by atomic mass is 15.1. The molecule has 3 nitrogen and oxygen atoms in total. The summed E-state index contributed by atoms with van der Waals surface area (Å²) in [6, 6.07) is 6.06. The molecule has 0 aliphatic rings. The van der Waals surface area contributed by atoms with E-state index in [-0.39, 0.29) is 0 Å². The molecule has 0 spiro atoms. The first-order valence-electron chi connectivity index (χ1n) is 6.87. The molecule has 0 saturated heterocycles. The van der Waals surface area contributed by atoms with Gasteiger partial charge in [0.25, 0.3) is 0 Å². The third kappa shape index (κ3) is 2.50. The highest BCUT2D eigenvalue weighted by molar-refractivity contribution is 5.87. The summed E-state index contributed by atoms with van der Waals surface area (Å²) in [5.74, 6) is 1.79. The summed E-state index contributed by atoms with van der Waals surface area (Å²) in [7, 11) is 0. The Kier molecular flexibility index (Phi) is 3.90. The number of nitrogens with two attached hydrogens (primary N) is 1. The van der Waals surface area contributed by atoms with E-state index in [4.69, 9.17) is 10.7 Å². The van der Waals surface area contributed by atoms with Crippen molar-refractivity contribution in [3.05, 3.63) is 24.0 Å². The van der Waals surface area contributed by atoms with Crippen LogP contribution < -0.4 is 5.73 Å². The molecule has 1 aromatic heterocycles. The van der Waals surface area contributed by atoms with Crippen molar-refractivity contribution in [2.75, 3.05) is 5.73 Å². The molecule has 0 saturated carbocycles. The van der Waals surface area contributed by atoms with E-state index in [2.05, 4.69) is 31.4 Å². The van der Waals surface area contributed by atoms with Crippen LogP contribution in [0.15, 0.2) is 18.2 Å². The lowest BCUT2D eigenvalue weighted by molar-refractivity contribution is 0.513. The fourth-order valence-electron chi connectivity index (χ4n) is 2.31. The van der Waals surface area contributed by atoms with Gasteiger partial charge in [0.05, 0.1) is 11.2 Å². The van der Waals surface area contributed by atoms with Crippen LogP contribution in [0.25, 0.3) is 11.0 Å². The number of imidazole rings is 1. The first kappa shape index (κ1) is 12.9. The lowest BCUT2D eigenvalue weighted by atomic mass is 10.2. The number of nitrogens with zero attached hydrogens (tertiary/aromatic N) is 2. The molecular weight excluding hydrogens is 222 g/mol.